The second-order valence-electron chi connectivity index (χ2n) is 18.7. The van der Waals surface area contributed by atoms with Gasteiger partial charge in [0, 0.05) is 50.6 Å². The zero-order valence-corrected chi connectivity index (χ0v) is 40.2. The van der Waals surface area contributed by atoms with Gasteiger partial charge in [-0.2, -0.15) is 0 Å². The average molecular weight is 890 g/mol. The molecular formula is C66H55N3. The van der Waals surface area contributed by atoms with E-state index in [4.69, 9.17) is 0 Å². The van der Waals surface area contributed by atoms with Crippen LogP contribution in [0.4, 0.5) is 34.1 Å². The van der Waals surface area contributed by atoms with Gasteiger partial charge in [0.15, 0.2) is 0 Å². The monoisotopic (exact) mass is 889 g/mol. The van der Waals surface area contributed by atoms with Crippen molar-refractivity contribution >= 4 is 55.9 Å². The number of benzene rings is 10. The van der Waals surface area contributed by atoms with Crippen molar-refractivity contribution in [2.24, 2.45) is 0 Å². The lowest BCUT2D eigenvalue weighted by Crippen LogP contribution is -2.10. The van der Waals surface area contributed by atoms with Crippen molar-refractivity contribution in [1.29, 1.82) is 0 Å². The Morgan fingerprint density at radius 3 is 1.16 bits per heavy atom. The van der Waals surface area contributed by atoms with Gasteiger partial charge < -0.3 is 14.4 Å². The Morgan fingerprint density at radius 2 is 0.696 bits per heavy atom. The molecule has 11 aromatic rings. The van der Waals surface area contributed by atoms with Crippen molar-refractivity contribution in [1.82, 2.24) is 4.57 Å². The predicted octanol–water partition coefficient (Wildman–Crippen LogP) is 18.6. The highest BCUT2D eigenvalue weighted by molar-refractivity contribution is 6.11. The lowest BCUT2D eigenvalue weighted by atomic mass is 9.84. The van der Waals surface area contributed by atoms with Crippen LogP contribution >= 0.6 is 0 Å². The first kappa shape index (κ1) is 43.2. The SMILES string of the molecule is Cc1ccc(N(c2ccc(C)cc2)c2ccc(C)c(-c3cccc(-c4cc(N(c5ccc(C)cc5)c5ccc(C)cc5)ccc4C)c3-c3ccc4c(c3)c3ccccc3n4-c3ccccc3)c2)cc1. The molecule has 3 heteroatoms. The lowest BCUT2D eigenvalue weighted by molar-refractivity contribution is 1.18. The summed E-state index contributed by atoms with van der Waals surface area (Å²) in [5.74, 6) is 0. The summed E-state index contributed by atoms with van der Waals surface area (Å²) < 4.78 is 2.40. The Morgan fingerprint density at radius 1 is 0.290 bits per heavy atom. The summed E-state index contributed by atoms with van der Waals surface area (Å²) in [4.78, 5) is 4.77. The number of hydrogen-bond donors (Lipinski definition) is 0. The Bertz CT molecular complexity index is 3380. The van der Waals surface area contributed by atoms with Gasteiger partial charge in [-0.25, -0.2) is 0 Å². The van der Waals surface area contributed by atoms with Crippen LogP contribution in [-0.2, 0) is 0 Å². The number of para-hydroxylation sites is 2. The molecule has 69 heavy (non-hydrogen) atoms. The number of aromatic nitrogens is 1. The van der Waals surface area contributed by atoms with Gasteiger partial charge in [-0.1, -0.05) is 144 Å². The van der Waals surface area contributed by atoms with Crippen LogP contribution in [0.25, 0.3) is 60.9 Å². The molecular weight excluding hydrogens is 835 g/mol. The molecule has 0 aliphatic rings. The highest BCUT2D eigenvalue weighted by Crippen LogP contribution is 2.47. The lowest BCUT2D eigenvalue weighted by Gasteiger charge is -2.28. The number of nitrogens with zero attached hydrogens (tertiary/aromatic N) is 3. The van der Waals surface area contributed by atoms with Crippen molar-refractivity contribution in [2.45, 2.75) is 41.5 Å². The van der Waals surface area contributed by atoms with Gasteiger partial charge in [-0.3, -0.25) is 0 Å². The minimum absolute atomic E-state index is 1.10. The number of hydrogen-bond acceptors (Lipinski definition) is 2. The molecule has 11 rings (SSSR count). The van der Waals surface area contributed by atoms with E-state index in [2.05, 4.69) is 280 Å². The van der Waals surface area contributed by atoms with E-state index in [1.165, 1.54) is 88.6 Å². The third-order valence-electron chi connectivity index (χ3n) is 13.7. The second kappa shape index (κ2) is 18.0. The molecule has 1 heterocycles. The summed E-state index contributed by atoms with van der Waals surface area (Å²) >= 11 is 0. The molecule has 3 nitrogen and oxygen atoms in total. The molecule has 0 N–H and O–H groups in total. The van der Waals surface area contributed by atoms with E-state index in [0.717, 1.165) is 39.8 Å². The van der Waals surface area contributed by atoms with Crippen LogP contribution in [0.1, 0.15) is 33.4 Å². The standard InChI is InChI=1S/C66H55N3/c1-44-19-30-52(31-20-44)67(53-32-21-45(2)22-33-53)56-38-27-48(5)61(42-56)59-16-12-17-60(62-43-57(39-28-49(62)6)68(54-34-23-46(3)24-35-54)55-36-25-47(4)26-37-55)66(59)50-29-40-65-63(41-50)58-15-10-11-18-64(58)69(65)51-13-8-7-9-14-51/h7-43H,1-6H3. The zero-order valence-electron chi connectivity index (χ0n) is 40.2. The molecule has 0 radical (unpaired) electrons. The molecule has 0 atom stereocenters. The van der Waals surface area contributed by atoms with Gasteiger partial charge in [0.1, 0.15) is 0 Å². The molecule has 0 saturated heterocycles. The quantitative estimate of drug-likeness (QED) is 0.136. The fraction of sp³-hybridized carbons (Fsp3) is 0.0909. The van der Waals surface area contributed by atoms with Crippen LogP contribution in [0.15, 0.2) is 224 Å². The van der Waals surface area contributed by atoms with Crippen LogP contribution in [0.5, 0.6) is 0 Å². The van der Waals surface area contributed by atoms with Crippen molar-refractivity contribution < 1.29 is 0 Å². The maximum Gasteiger partial charge on any atom is 0.0541 e. The van der Waals surface area contributed by atoms with Gasteiger partial charge in [0.25, 0.3) is 0 Å². The van der Waals surface area contributed by atoms with E-state index >= 15 is 0 Å². The van der Waals surface area contributed by atoms with E-state index < -0.39 is 0 Å². The van der Waals surface area contributed by atoms with E-state index in [0.29, 0.717) is 0 Å². The molecule has 0 bridgehead atoms. The van der Waals surface area contributed by atoms with Gasteiger partial charge in [-0.05, 0) is 189 Å². The molecule has 0 spiro atoms. The van der Waals surface area contributed by atoms with E-state index in [1.54, 1.807) is 0 Å². The van der Waals surface area contributed by atoms with Crippen LogP contribution < -0.4 is 9.80 Å². The summed E-state index contributed by atoms with van der Waals surface area (Å²) in [6, 6.07) is 82.9. The fourth-order valence-electron chi connectivity index (χ4n) is 10.0. The minimum Gasteiger partial charge on any atom is -0.310 e. The highest BCUT2D eigenvalue weighted by atomic mass is 15.1. The molecule has 0 saturated carbocycles. The number of anilines is 6. The Balaban J connectivity index is 1.17. The molecule has 0 unspecified atom stereocenters. The fourth-order valence-corrected chi connectivity index (χ4v) is 10.0. The van der Waals surface area contributed by atoms with Gasteiger partial charge >= 0.3 is 0 Å². The van der Waals surface area contributed by atoms with Gasteiger partial charge in [-0.15, -0.1) is 0 Å². The van der Waals surface area contributed by atoms with Crippen LogP contribution in [0.3, 0.4) is 0 Å². The first-order valence-electron chi connectivity index (χ1n) is 24.0. The molecule has 0 fully saturated rings. The van der Waals surface area contributed by atoms with Crippen LogP contribution in [0.2, 0.25) is 0 Å². The maximum absolute atomic E-state index is 2.44. The van der Waals surface area contributed by atoms with Crippen molar-refractivity contribution in [3.8, 4) is 39.1 Å². The summed E-state index contributed by atoms with van der Waals surface area (Å²) in [7, 11) is 0. The van der Waals surface area contributed by atoms with Gasteiger partial charge in [0.2, 0.25) is 0 Å². The third kappa shape index (κ3) is 8.17. The average Bonchev–Trinajstić information content (AvgIpc) is 3.71. The Hall–Kier alpha value is -8.40. The minimum atomic E-state index is 1.10. The molecule has 10 aromatic carbocycles. The molecule has 1 aromatic heterocycles. The van der Waals surface area contributed by atoms with Crippen molar-refractivity contribution in [3.63, 3.8) is 0 Å². The van der Waals surface area contributed by atoms with Crippen LogP contribution in [-0.4, -0.2) is 4.57 Å². The predicted molar refractivity (Wildman–Crippen MR) is 295 cm³/mol. The van der Waals surface area contributed by atoms with Gasteiger partial charge in [0.05, 0.1) is 11.0 Å². The summed E-state index contributed by atoms with van der Waals surface area (Å²) in [5, 5.41) is 2.45. The van der Waals surface area contributed by atoms with E-state index in [9.17, 15) is 0 Å². The van der Waals surface area contributed by atoms with E-state index in [-0.39, 0.29) is 0 Å². The number of fused-ring (bicyclic) bond motifs is 3. The normalized spacial score (nSPS) is 11.3. The summed E-state index contributed by atoms with van der Waals surface area (Å²) in [5.41, 5.74) is 24.7. The second-order valence-corrected chi connectivity index (χ2v) is 18.7. The largest absolute Gasteiger partial charge is 0.310 e. The number of aryl methyl sites for hydroxylation is 6. The smallest absolute Gasteiger partial charge is 0.0541 e. The van der Waals surface area contributed by atoms with Crippen LogP contribution in [0, 0.1) is 41.5 Å². The molecule has 0 aliphatic carbocycles. The van der Waals surface area contributed by atoms with Crippen molar-refractivity contribution in [2.75, 3.05) is 9.80 Å². The topological polar surface area (TPSA) is 11.4 Å². The zero-order chi connectivity index (χ0) is 47.2. The third-order valence-corrected chi connectivity index (χ3v) is 13.7. The first-order chi connectivity index (χ1) is 33.7. The summed E-state index contributed by atoms with van der Waals surface area (Å²) in [6.07, 6.45) is 0. The Labute approximate surface area is 406 Å². The molecule has 0 amide bonds. The Kier molecular flexibility index (Phi) is 11.3. The maximum atomic E-state index is 2.44. The highest BCUT2D eigenvalue weighted by Gasteiger charge is 2.23. The number of rotatable bonds is 10. The summed E-state index contributed by atoms with van der Waals surface area (Å²) in [6.45, 7) is 13.1. The van der Waals surface area contributed by atoms with Crippen molar-refractivity contribution in [3.05, 3.63) is 258 Å². The van der Waals surface area contributed by atoms with E-state index in [1.807, 2.05) is 0 Å². The molecule has 334 valence electrons. The molecule has 0 aliphatic heterocycles. The first-order valence-corrected chi connectivity index (χ1v) is 24.0.